The number of hydrogen-bond acceptors (Lipinski definition) is 4. The van der Waals surface area contributed by atoms with Gasteiger partial charge in [-0.3, -0.25) is 14.3 Å². The van der Waals surface area contributed by atoms with Gasteiger partial charge in [0.1, 0.15) is 5.82 Å². The highest BCUT2D eigenvalue weighted by Crippen LogP contribution is 2.21. The minimum absolute atomic E-state index is 0.0906. The lowest BCUT2D eigenvalue weighted by atomic mass is 9.96. The minimum Gasteiger partial charge on any atom is -0.338 e. The van der Waals surface area contributed by atoms with Gasteiger partial charge in [0.25, 0.3) is 5.91 Å². The molecule has 31 heavy (non-hydrogen) atoms. The largest absolute Gasteiger partial charge is 0.338 e. The molecular formula is C23H30FN5O2. The van der Waals surface area contributed by atoms with Gasteiger partial charge in [-0.15, -0.1) is 0 Å². The second kappa shape index (κ2) is 10.0. The average Bonchev–Trinajstić information content (AvgIpc) is 3.26. The van der Waals surface area contributed by atoms with E-state index in [1.807, 2.05) is 10.9 Å². The summed E-state index contributed by atoms with van der Waals surface area (Å²) in [6.07, 6.45) is 8.90. The van der Waals surface area contributed by atoms with Crippen molar-refractivity contribution in [2.24, 2.45) is 5.92 Å². The van der Waals surface area contributed by atoms with E-state index in [4.69, 9.17) is 0 Å². The van der Waals surface area contributed by atoms with Crippen LogP contribution in [0.5, 0.6) is 0 Å². The Morgan fingerprint density at radius 1 is 1.03 bits per heavy atom. The van der Waals surface area contributed by atoms with Crippen LogP contribution in [0.2, 0.25) is 0 Å². The van der Waals surface area contributed by atoms with Crippen LogP contribution in [-0.4, -0.2) is 64.1 Å². The summed E-state index contributed by atoms with van der Waals surface area (Å²) in [4.78, 5) is 29.6. The number of carbonyl (C=O) groups excluding carboxylic acids is 2. The van der Waals surface area contributed by atoms with Crippen LogP contribution < -0.4 is 5.32 Å². The van der Waals surface area contributed by atoms with E-state index in [2.05, 4.69) is 15.3 Å². The molecule has 1 aromatic carbocycles. The molecule has 0 aliphatic carbocycles. The summed E-state index contributed by atoms with van der Waals surface area (Å²) in [6.45, 7) is 5.05. The van der Waals surface area contributed by atoms with E-state index in [1.54, 1.807) is 11.1 Å². The number of amides is 2. The lowest BCUT2D eigenvalue weighted by Crippen LogP contribution is -2.43. The zero-order valence-electron chi connectivity index (χ0n) is 17.8. The molecule has 0 bridgehead atoms. The smallest absolute Gasteiger partial charge is 0.253 e. The fraction of sp³-hybridized carbons (Fsp3) is 0.522. The summed E-state index contributed by atoms with van der Waals surface area (Å²) in [5.74, 6) is -0.894. The fourth-order valence-electron chi connectivity index (χ4n) is 4.37. The van der Waals surface area contributed by atoms with Gasteiger partial charge in [-0.25, -0.2) is 4.39 Å². The minimum atomic E-state index is -0.371. The highest BCUT2D eigenvalue weighted by atomic mass is 19.1. The van der Waals surface area contributed by atoms with E-state index in [1.165, 1.54) is 43.5 Å². The Kier molecular flexibility index (Phi) is 6.96. The summed E-state index contributed by atoms with van der Waals surface area (Å²) < 4.78 is 15.0. The van der Waals surface area contributed by atoms with Gasteiger partial charge in [-0.2, -0.15) is 5.10 Å². The fourth-order valence-corrected chi connectivity index (χ4v) is 4.37. The van der Waals surface area contributed by atoms with Crippen LogP contribution in [0.15, 0.2) is 36.7 Å². The van der Waals surface area contributed by atoms with Gasteiger partial charge >= 0.3 is 0 Å². The van der Waals surface area contributed by atoms with E-state index < -0.39 is 0 Å². The summed E-state index contributed by atoms with van der Waals surface area (Å²) in [5, 5.41) is 7.32. The van der Waals surface area contributed by atoms with E-state index >= 15 is 0 Å². The predicted octanol–water partition coefficient (Wildman–Crippen LogP) is 3.00. The molecule has 1 aromatic heterocycles. The standard InChI is InChI=1S/C23H30FN5O2/c24-20-8-6-18(7-9-20)23(31)28-12-4-5-19(16-28)22(30)26-21-15-25-29(17-21)14-13-27-10-2-1-3-11-27/h6-9,15,17,19H,1-5,10-14,16H2,(H,26,30)/t19-/m1/s1. The van der Waals surface area contributed by atoms with Crippen molar-refractivity contribution in [3.8, 4) is 0 Å². The van der Waals surface area contributed by atoms with Crippen LogP contribution in [0.1, 0.15) is 42.5 Å². The van der Waals surface area contributed by atoms with E-state index in [0.717, 1.165) is 39.0 Å². The van der Waals surface area contributed by atoms with E-state index in [0.29, 0.717) is 24.3 Å². The Labute approximate surface area is 182 Å². The topological polar surface area (TPSA) is 70.5 Å². The van der Waals surface area contributed by atoms with Crippen molar-refractivity contribution in [2.75, 3.05) is 38.0 Å². The van der Waals surface area contributed by atoms with Crippen LogP contribution in [0.25, 0.3) is 0 Å². The van der Waals surface area contributed by atoms with Gasteiger partial charge in [0.2, 0.25) is 5.91 Å². The molecule has 1 atom stereocenters. The van der Waals surface area contributed by atoms with Crippen LogP contribution in [0.3, 0.4) is 0 Å². The maximum Gasteiger partial charge on any atom is 0.253 e. The first-order valence-electron chi connectivity index (χ1n) is 11.2. The molecule has 166 valence electrons. The third-order valence-corrected chi connectivity index (χ3v) is 6.17. The molecule has 3 heterocycles. The average molecular weight is 428 g/mol. The third kappa shape index (κ3) is 5.70. The molecule has 2 aromatic rings. The number of likely N-dealkylation sites (tertiary alicyclic amines) is 2. The SMILES string of the molecule is O=C(Nc1cnn(CCN2CCCCC2)c1)[C@@H]1CCCN(C(=O)c2ccc(F)cc2)C1. The molecule has 2 fully saturated rings. The normalized spacial score (nSPS) is 19.9. The Bertz CT molecular complexity index is 892. The molecule has 2 aliphatic rings. The first kappa shape index (κ1) is 21.5. The molecule has 0 unspecified atom stereocenters. The van der Waals surface area contributed by atoms with Gasteiger partial charge in [-0.1, -0.05) is 6.42 Å². The Balaban J connectivity index is 1.28. The molecule has 8 heteroatoms. The quantitative estimate of drug-likeness (QED) is 0.770. The number of aromatic nitrogens is 2. The number of nitrogens with one attached hydrogen (secondary N) is 1. The molecule has 7 nitrogen and oxygen atoms in total. The lowest BCUT2D eigenvalue weighted by molar-refractivity contribution is -0.121. The van der Waals surface area contributed by atoms with Crippen molar-refractivity contribution < 1.29 is 14.0 Å². The zero-order chi connectivity index (χ0) is 21.6. The first-order valence-corrected chi connectivity index (χ1v) is 11.2. The number of rotatable bonds is 6. The van der Waals surface area contributed by atoms with Crippen molar-refractivity contribution in [3.05, 3.63) is 48.0 Å². The number of benzene rings is 1. The monoisotopic (exact) mass is 427 g/mol. The number of anilines is 1. The number of hydrogen-bond donors (Lipinski definition) is 1. The molecule has 2 saturated heterocycles. The van der Waals surface area contributed by atoms with E-state index in [-0.39, 0.29) is 23.5 Å². The Morgan fingerprint density at radius 3 is 2.58 bits per heavy atom. The second-order valence-corrected chi connectivity index (χ2v) is 8.48. The number of piperidine rings is 2. The number of carbonyl (C=O) groups is 2. The number of halogens is 1. The van der Waals surface area contributed by atoms with Crippen LogP contribution in [-0.2, 0) is 11.3 Å². The van der Waals surface area contributed by atoms with Gasteiger partial charge < -0.3 is 15.1 Å². The lowest BCUT2D eigenvalue weighted by Gasteiger charge is -2.32. The highest BCUT2D eigenvalue weighted by Gasteiger charge is 2.29. The van der Waals surface area contributed by atoms with Gasteiger partial charge in [0, 0.05) is 31.4 Å². The van der Waals surface area contributed by atoms with Gasteiger partial charge in [-0.05, 0) is 63.0 Å². The summed E-state index contributed by atoms with van der Waals surface area (Å²) in [7, 11) is 0. The molecule has 1 N–H and O–H groups in total. The molecule has 2 aliphatic heterocycles. The Morgan fingerprint density at radius 2 is 1.81 bits per heavy atom. The van der Waals surface area contributed by atoms with Crippen molar-refractivity contribution in [3.63, 3.8) is 0 Å². The zero-order valence-corrected chi connectivity index (χ0v) is 17.8. The maximum atomic E-state index is 13.1. The van der Waals surface area contributed by atoms with Crippen molar-refractivity contribution in [2.45, 2.75) is 38.6 Å². The molecule has 4 rings (SSSR count). The van der Waals surface area contributed by atoms with Crippen LogP contribution >= 0.6 is 0 Å². The molecule has 0 radical (unpaired) electrons. The van der Waals surface area contributed by atoms with Crippen molar-refractivity contribution in [1.29, 1.82) is 0 Å². The van der Waals surface area contributed by atoms with E-state index in [9.17, 15) is 14.0 Å². The first-order chi connectivity index (χ1) is 15.1. The predicted molar refractivity (Wildman–Crippen MR) is 116 cm³/mol. The highest BCUT2D eigenvalue weighted by molar-refractivity contribution is 5.96. The van der Waals surface area contributed by atoms with Gasteiger partial charge in [0.05, 0.1) is 24.3 Å². The molecular weight excluding hydrogens is 397 g/mol. The third-order valence-electron chi connectivity index (χ3n) is 6.17. The Hall–Kier alpha value is -2.74. The summed E-state index contributed by atoms with van der Waals surface area (Å²) >= 11 is 0. The maximum absolute atomic E-state index is 13.1. The molecule has 0 spiro atoms. The summed E-state index contributed by atoms with van der Waals surface area (Å²) in [6, 6.07) is 5.54. The van der Waals surface area contributed by atoms with Crippen LogP contribution in [0.4, 0.5) is 10.1 Å². The van der Waals surface area contributed by atoms with Crippen molar-refractivity contribution in [1.82, 2.24) is 19.6 Å². The molecule has 2 amide bonds. The second-order valence-electron chi connectivity index (χ2n) is 8.48. The van der Waals surface area contributed by atoms with Gasteiger partial charge in [0.15, 0.2) is 0 Å². The summed E-state index contributed by atoms with van der Waals surface area (Å²) in [5.41, 5.74) is 1.13. The van der Waals surface area contributed by atoms with Crippen LogP contribution in [0, 0.1) is 11.7 Å². The molecule has 0 saturated carbocycles. The van der Waals surface area contributed by atoms with Crippen molar-refractivity contribution >= 4 is 17.5 Å². The number of nitrogens with zero attached hydrogens (tertiary/aromatic N) is 4.